The van der Waals surface area contributed by atoms with Gasteiger partial charge in [0.25, 0.3) is 0 Å². The second-order valence-electron chi connectivity index (χ2n) is 13.1. The fourth-order valence-corrected chi connectivity index (χ4v) is 15.5. The maximum atomic E-state index is 9.62. The number of nitrogens with zero attached hydrogens (tertiary/aromatic N) is 2. The van der Waals surface area contributed by atoms with E-state index in [0.717, 1.165) is 51.4 Å². The average molecular weight is 1030 g/mol. The summed E-state index contributed by atoms with van der Waals surface area (Å²) in [5, 5.41) is 18.6. The molecule has 1 unspecified atom stereocenters. The number of hydrogen-bond acceptors (Lipinski definition) is 11. The smallest absolute Gasteiger partial charge is 0 e. The maximum Gasteiger partial charge on any atom is 0 e. The quantitative estimate of drug-likeness (QED) is 0.0798. The van der Waals surface area contributed by atoms with Crippen molar-refractivity contribution < 1.29 is 94.8 Å². The Morgan fingerprint density at radius 3 is 2.06 bits per heavy atom. The number of fused-ring (bicyclic) bond motifs is 6. The van der Waals surface area contributed by atoms with Crippen molar-refractivity contribution in [3.63, 3.8) is 0 Å². The molecule has 0 spiro atoms. The molecule has 16 heteroatoms. The summed E-state index contributed by atoms with van der Waals surface area (Å²) in [7, 11) is 15.1. The van der Waals surface area contributed by atoms with Gasteiger partial charge >= 0.3 is 159 Å². The van der Waals surface area contributed by atoms with Crippen molar-refractivity contribution >= 4 is 21.5 Å². The molecular formula is C32H54B2IN2O9PU-2. The van der Waals surface area contributed by atoms with Crippen LogP contribution in [0, 0.1) is 55.0 Å². The van der Waals surface area contributed by atoms with Gasteiger partial charge in [-0.1, -0.05) is 13.3 Å². The van der Waals surface area contributed by atoms with Gasteiger partial charge in [-0.25, -0.2) is 6.61 Å². The van der Waals surface area contributed by atoms with Crippen LogP contribution in [-0.4, -0.2) is 137 Å². The van der Waals surface area contributed by atoms with Gasteiger partial charge in [-0.05, 0) is 12.8 Å². The molecule has 0 amide bonds. The monoisotopic (exact) mass is 1030 g/mol. The summed E-state index contributed by atoms with van der Waals surface area (Å²) in [4.78, 5) is 0. The van der Waals surface area contributed by atoms with Crippen molar-refractivity contribution in [1.82, 2.24) is 3.11 Å². The molecular weight excluding hydrogens is 974 g/mol. The fraction of sp³-hybridized carbons (Fsp3) is 0.938. The third kappa shape index (κ3) is 9.56. The molecule has 0 aromatic heterocycles. The van der Waals surface area contributed by atoms with Crippen LogP contribution in [0.1, 0.15) is 72.6 Å². The van der Waals surface area contributed by atoms with E-state index >= 15 is 0 Å². The van der Waals surface area contributed by atoms with E-state index in [-0.39, 0.29) is 87.7 Å². The molecule has 5 heterocycles. The van der Waals surface area contributed by atoms with Crippen LogP contribution in [0.5, 0.6) is 0 Å². The zero-order valence-electron chi connectivity index (χ0n) is 29.5. The Kier molecular flexibility index (Phi) is 18.5. The van der Waals surface area contributed by atoms with Crippen LogP contribution in [0.15, 0.2) is 0 Å². The summed E-state index contributed by atoms with van der Waals surface area (Å²) in [5.74, 6) is -0.135. The molecule has 5 aliphatic heterocycles. The molecule has 48 heavy (non-hydrogen) atoms. The number of ether oxygens (including phenoxy) is 7. The van der Waals surface area contributed by atoms with Crippen LogP contribution in [0.2, 0.25) is 0 Å². The van der Waals surface area contributed by atoms with Crippen LogP contribution in [0.4, 0.5) is 0 Å². The third-order valence-electron chi connectivity index (χ3n) is 9.97. The Bertz CT molecular complexity index is 1020. The molecule has 1 saturated carbocycles. The van der Waals surface area contributed by atoms with E-state index in [1.54, 1.807) is 14.2 Å². The molecule has 6 bridgehead atoms. The zero-order chi connectivity index (χ0) is 34.2. The zero-order valence-corrected chi connectivity index (χ0v) is 36.7. The summed E-state index contributed by atoms with van der Waals surface area (Å²) >= 11 is -0.231. The Morgan fingerprint density at radius 1 is 0.979 bits per heavy atom. The van der Waals surface area contributed by atoms with E-state index in [2.05, 4.69) is 30.0 Å². The predicted molar refractivity (Wildman–Crippen MR) is 175 cm³/mol. The van der Waals surface area contributed by atoms with E-state index in [0.29, 0.717) is 32.2 Å². The minimum Gasteiger partial charge on any atom is 0 e. The van der Waals surface area contributed by atoms with Crippen LogP contribution in [-0.2, 0) is 37.7 Å². The number of halogens is 1. The minimum absolute atomic E-state index is 0. The van der Waals surface area contributed by atoms with E-state index in [1.165, 1.54) is 6.42 Å². The third-order valence-corrected chi connectivity index (χ3v) is 17.8. The van der Waals surface area contributed by atoms with Crippen LogP contribution >= 0.6 is 5.79 Å². The normalized spacial score (nSPS) is 40.6. The summed E-state index contributed by atoms with van der Waals surface area (Å²) in [6.45, 7) is 14.3. The summed E-state index contributed by atoms with van der Waals surface area (Å²) in [6, 6.07) is 1.44. The van der Waals surface area contributed by atoms with Gasteiger partial charge in [0.1, 0.15) is 25.7 Å². The van der Waals surface area contributed by atoms with E-state index in [1.807, 2.05) is 13.5 Å². The number of rotatable bonds is 15. The van der Waals surface area contributed by atoms with Crippen molar-refractivity contribution in [3.05, 3.63) is 6.61 Å². The molecule has 6 aliphatic rings. The molecule has 11 nitrogen and oxygen atoms in total. The molecule has 1 N–H and O–H groups in total. The molecule has 0 aromatic rings. The first kappa shape index (κ1) is 43.8. The van der Waals surface area contributed by atoms with Gasteiger partial charge in [0.15, 0.2) is 0 Å². The standard InChI is InChI=1S/C16H28BIN2O3P.C9H15O3.C7H11BO3.U/c1-4-9-20(10-5-2)18-24(11-7-8-19)23-14-13-15(17)22-16(14,6-3)12-21-13;1-10-6-9-4-3-7(5-12-9)8(9)11-2;1-2-7-3-10-4(5(7)9)6(8)11-7;/h13-15H,4-7,9-12H2,1-3H3;5,7-8H,3-4,6H2,1-2H3;4-6,9H,2-3H2,1H3;/q2*-1;;/t13-,14+,15-,16+,24?;7-,8-,9+;4-,5+,6-,7+;/m101./s1. The van der Waals surface area contributed by atoms with E-state index in [4.69, 9.17) is 58.6 Å². The molecule has 6 fully saturated rings. The largest absolute Gasteiger partial charge is 0 e. The number of hydrogen-bond donors (Lipinski definition) is 1. The Morgan fingerprint density at radius 2 is 1.60 bits per heavy atom. The number of aliphatic hydroxyl groups excluding tert-OH is 1. The number of aliphatic hydroxyl groups is 1. The van der Waals surface area contributed by atoms with Gasteiger partial charge in [0.05, 0.1) is 24.9 Å². The molecule has 4 radical (unpaired) electrons. The maximum absolute atomic E-state index is 9.62. The van der Waals surface area contributed by atoms with Gasteiger partial charge in [-0.15, -0.1) is 5.92 Å². The SMILES string of the molecule is COC[C@@]12CC[C@@H]([CH-]O1)[C@@H]2OC.[B][C@@H]1O[C@@]2(CC)CO[C@@H]1[C@@H]2O.[B][C@@H]1O[C@@]2(CC)CO[C@@H]1[C@@H]2OP(CCC#N)[I-]N(CCC)CCC.[U]. The molecule has 5 saturated heterocycles. The first-order chi connectivity index (χ1) is 22.6. The number of methoxy groups -OCH3 is 2. The van der Waals surface area contributed by atoms with Crippen LogP contribution in [0.3, 0.4) is 0 Å². The van der Waals surface area contributed by atoms with E-state index < -0.39 is 29.5 Å². The molecule has 6 rings (SSSR count). The second kappa shape index (κ2) is 20.2. The Balaban J connectivity index is 0.000000216. The first-order valence-corrected chi connectivity index (χ1v) is 22.3. The molecule has 270 valence electrons. The first-order valence-electron chi connectivity index (χ1n) is 17.1. The molecule has 0 aromatic carbocycles. The minimum atomic E-state index is -0.612. The summed E-state index contributed by atoms with van der Waals surface area (Å²) in [5.41, 5.74) is -1.07. The predicted octanol–water partition coefficient (Wildman–Crippen LogP) is 0.204. The van der Waals surface area contributed by atoms with Crippen LogP contribution in [0.25, 0.3) is 0 Å². The van der Waals surface area contributed by atoms with Gasteiger partial charge in [-0.2, -0.15) is 0 Å². The molecule has 12 atom stereocenters. The van der Waals surface area contributed by atoms with Crippen molar-refractivity contribution in [3.8, 4) is 6.07 Å². The second-order valence-corrected chi connectivity index (χ2v) is 20.4. The Labute approximate surface area is 326 Å². The Hall–Kier alpha value is 1.43. The van der Waals surface area contributed by atoms with E-state index in [9.17, 15) is 5.11 Å². The van der Waals surface area contributed by atoms with Crippen LogP contribution < -0.4 is 20.9 Å². The summed E-state index contributed by atoms with van der Waals surface area (Å²) in [6.07, 6.45) is 6.65. The topological polar surface area (TPSA) is 121 Å². The van der Waals surface area contributed by atoms with Gasteiger partial charge in [0, 0.05) is 51.3 Å². The van der Waals surface area contributed by atoms with Crippen molar-refractivity contribution in [2.75, 3.05) is 53.3 Å². The van der Waals surface area contributed by atoms with Crippen molar-refractivity contribution in [2.24, 2.45) is 5.92 Å². The van der Waals surface area contributed by atoms with Crippen molar-refractivity contribution in [2.45, 2.75) is 132 Å². The molecule has 1 aliphatic carbocycles. The van der Waals surface area contributed by atoms with Gasteiger partial charge in [-0.3, -0.25) is 0 Å². The van der Waals surface area contributed by atoms with Crippen molar-refractivity contribution in [1.29, 1.82) is 5.26 Å². The average Bonchev–Trinajstić information content (AvgIpc) is 3.88. The van der Waals surface area contributed by atoms with Gasteiger partial charge < -0.3 is 28.8 Å². The van der Waals surface area contributed by atoms with Gasteiger partial charge in [0.2, 0.25) is 0 Å². The fourth-order valence-electron chi connectivity index (χ4n) is 7.35. The summed E-state index contributed by atoms with van der Waals surface area (Å²) < 4.78 is 47.8. The number of nitriles is 1.